The minimum atomic E-state index is -0.364. The van der Waals surface area contributed by atoms with Crippen LogP contribution >= 0.6 is 0 Å². The molecule has 1 aliphatic rings. The van der Waals surface area contributed by atoms with Crippen LogP contribution in [0.5, 0.6) is 0 Å². The van der Waals surface area contributed by atoms with Crippen LogP contribution in [0.3, 0.4) is 0 Å². The molecule has 1 fully saturated rings. The summed E-state index contributed by atoms with van der Waals surface area (Å²) in [7, 11) is 1.65. The highest BCUT2D eigenvalue weighted by Gasteiger charge is 2.35. The summed E-state index contributed by atoms with van der Waals surface area (Å²) >= 11 is 0. The monoisotopic (exact) mass is 244 g/mol. The van der Waals surface area contributed by atoms with Gasteiger partial charge in [0, 0.05) is 20.3 Å². The molecule has 0 aromatic carbocycles. The molecule has 1 amide bonds. The van der Waals surface area contributed by atoms with E-state index in [-0.39, 0.29) is 11.4 Å². The third kappa shape index (κ3) is 5.02. The van der Waals surface area contributed by atoms with E-state index in [9.17, 15) is 4.79 Å². The zero-order valence-corrected chi connectivity index (χ0v) is 10.9. The maximum absolute atomic E-state index is 11.9. The molecule has 0 saturated carbocycles. The Hall–Kier alpha value is -0.650. The van der Waals surface area contributed by atoms with E-state index in [2.05, 4.69) is 10.6 Å². The number of carbonyl (C=O) groups excluding carboxylic acids is 1. The molecule has 0 aromatic rings. The number of carbonyl (C=O) groups is 1. The molecule has 5 nitrogen and oxygen atoms in total. The highest BCUT2D eigenvalue weighted by Crippen LogP contribution is 2.18. The van der Waals surface area contributed by atoms with E-state index >= 15 is 0 Å². The lowest BCUT2D eigenvalue weighted by atomic mass is 9.99. The molecular weight excluding hydrogens is 220 g/mol. The van der Waals surface area contributed by atoms with Gasteiger partial charge >= 0.3 is 0 Å². The third-order valence-electron chi connectivity index (χ3n) is 3.05. The summed E-state index contributed by atoms with van der Waals surface area (Å²) in [6.45, 7) is 5.46. The van der Waals surface area contributed by atoms with Gasteiger partial charge in [-0.15, -0.1) is 0 Å². The number of amides is 1. The Morgan fingerprint density at radius 2 is 2.24 bits per heavy atom. The average molecular weight is 244 g/mol. The van der Waals surface area contributed by atoms with Gasteiger partial charge in [-0.1, -0.05) is 0 Å². The second-order valence-electron chi connectivity index (χ2n) is 4.58. The second-order valence-corrected chi connectivity index (χ2v) is 4.58. The molecule has 1 atom stereocenters. The van der Waals surface area contributed by atoms with Crippen LogP contribution in [0.2, 0.25) is 0 Å². The Balaban J connectivity index is 2.00. The van der Waals surface area contributed by atoms with Crippen molar-refractivity contribution >= 4 is 5.91 Å². The van der Waals surface area contributed by atoms with Gasteiger partial charge in [0.25, 0.3) is 0 Å². The van der Waals surface area contributed by atoms with E-state index in [4.69, 9.17) is 9.47 Å². The number of nitrogens with one attached hydrogen (secondary N) is 2. The number of rotatable bonds is 8. The lowest BCUT2D eigenvalue weighted by Crippen LogP contribution is -2.51. The number of hydrogen-bond acceptors (Lipinski definition) is 4. The van der Waals surface area contributed by atoms with E-state index in [1.54, 1.807) is 7.11 Å². The molecular formula is C12H24N2O3. The SMILES string of the molecule is COCCOCCCNC(=O)C1(C)CCCN1. The van der Waals surface area contributed by atoms with Crippen LogP contribution in [0.15, 0.2) is 0 Å². The van der Waals surface area contributed by atoms with E-state index in [0.29, 0.717) is 26.4 Å². The lowest BCUT2D eigenvalue weighted by molar-refractivity contribution is -0.126. The topological polar surface area (TPSA) is 59.6 Å². The maximum atomic E-state index is 11.9. The first-order valence-electron chi connectivity index (χ1n) is 6.29. The summed E-state index contributed by atoms with van der Waals surface area (Å²) in [5.74, 6) is 0.104. The quantitative estimate of drug-likeness (QED) is 0.603. The molecule has 0 bridgehead atoms. The van der Waals surface area contributed by atoms with Gasteiger partial charge in [0.05, 0.1) is 18.8 Å². The molecule has 2 N–H and O–H groups in total. The predicted molar refractivity (Wildman–Crippen MR) is 66.0 cm³/mol. The average Bonchev–Trinajstić information content (AvgIpc) is 2.76. The summed E-state index contributed by atoms with van der Waals surface area (Å²) < 4.78 is 10.2. The number of methoxy groups -OCH3 is 1. The summed E-state index contributed by atoms with van der Waals surface area (Å²) in [6, 6.07) is 0. The summed E-state index contributed by atoms with van der Waals surface area (Å²) in [4.78, 5) is 11.9. The highest BCUT2D eigenvalue weighted by molar-refractivity contribution is 5.86. The fourth-order valence-electron chi connectivity index (χ4n) is 1.90. The normalized spacial score (nSPS) is 23.9. The smallest absolute Gasteiger partial charge is 0.240 e. The largest absolute Gasteiger partial charge is 0.382 e. The van der Waals surface area contributed by atoms with Crippen molar-refractivity contribution in [2.24, 2.45) is 0 Å². The zero-order valence-electron chi connectivity index (χ0n) is 10.9. The van der Waals surface area contributed by atoms with Crippen LogP contribution in [-0.4, -0.2) is 51.5 Å². The number of ether oxygens (including phenoxy) is 2. The molecule has 17 heavy (non-hydrogen) atoms. The van der Waals surface area contributed by atoms with Crippen LogP contribution in [0, 0.1) is 0 Å². The molecule has 0 aromatic heterocycles. The fourth-order valence-corrected chi connectivity index (χ4v) is 1.90. The van der Waals surface area contributed by atoms with Crippen LogP contribution < -0.4 is 10.6 Å². The molecule has 1 heterocycles. The Bertz CT molecular complexity index is 228. The van der Waals surface area contributed by atoms with Crippen molar-refractivity contribution in [2.75, 3.05) is 40.0 Å². The van der Waals surface area contributed by atoms with E-state index in [1.165, 1.54) is 0 Å². The van der Waals surface area contributed by atoms with Crippen molar-refractivity contribution in [3.8, 4) is 0 Å². The second kappa shape index (κ2) is 7.63. The van der Waals surface area contributed by atoms with Gasteiger partial charge in [-0.3, -0.25) is 4.79 Å². The van der Waals surface area contributed by atoms with Crippen LogP contribution in [0.25, 0.3) is 0 Å². The summed E-state index contributed by atoms with van der Waals surface area (Å²) in [6.07, 6.45) is 2.83. The summed E-state index contributed by atoms with van der Waals surface area (Å²) in [5, 5.41) is 6.19. The van der Waals surface area contributed by atoms with Gasteiger partial charge < -0.3 is 20.1 Å². The first-order valence-corrected chi connectivity index (χ1v) is 6.29. The molecule has 0 spiro atoms. The van der Waals surface area contributed by atoms with Crippen molar-refractivity contribution in [1.82, 2.24) is 10.6 Å². The Morgan fingerprint density at radius 3 is 2.88 bits per heavy atom. The summed E-state index contributed by atoms with van der Waals surface area (Å²) in [5.41, 5.74) is -0.364. The maximum Gasteiger partial charge on any atom is 0.240 e. The Labute approximate surface area is 103 Å². The molecule has 0 radical (unpaired) electrons. The standard InChI is InChI=1S/C12H24N2O3/c1-12(5-3-7-14-12)11(15)13-6-4-8-17-10-9-16-2/h14H,3-10H2,1-2H3,(H,13,15). The minimum Gasteiger partial charge on any atom is -0.382 e. The van der Waals surface area contributed by atoms with Gasteiger partial charge in [-0.2, -0.15) is 0 Å². The van der Waals surface area contributed by atoms with Crippen LogP contribution in [0.4, 0.5) is 0 Å². The molecule has 1 rings (SSSR count). The van der Waals surface area contributed by atoms with E-state index < -0.39 is 0 Å². The van der Waals surface area contributed by atoms with Gasteiger partial charge in [0.2, 0.25) is 5.91 Å². The highest BCUT2D eigenvalue weighted by atomic mass is 16.5. The molecule has 1 unspecified atom stereocenters. The first kappa shape index (κ1) is 14.4. The van der Waals surface area contributed by atoms with E-state index in [0.717, 1.165) is 25.8 Å². The predicted octanol–water partition coefficient (Wildman–Crippen LogP) is 0.298. The van der Waals surface area contributed by atoms with Gasteiger partial charge in [-0.25, -0.2) is 0 Å². The van der Waals surface area contributed by atoms with Crippen molar-refractivity contribution in [3.63, 3.8) is 0 Å². The molecule has 1 aliphatic heterocycles. The Kier molecular flexibility index (Phi) is 6.47. The van der Waals surface area contributed by atoms with Gasteiger partial charge in [0.1, 0.15) is 0 Å². The third-order valence-corrected chi connectivity index (χ3v) is 3.05. The molecule has 1 saturated heterocycles. The van der Waals surface area contributed by atoms with Crippen molar-refractivity contribution in [2.45, 2.75) is 31.7 Å². The Morgan fingerprint density at radius 1 is 1.41 bits per heavy atom. The van der Waals surface area contributed by atoms with Gasteiger partial charge in [0.15, 0.2) is 0 Å². The fraction of sp³-hybridized carbons (Fsp3) is 0.917. The zero-order chi connectivity index (χ0) is 12.6. The molecule has 5 heteroatoms. The van der Waals surface area contributed by atoms with Crippen molar-refractivity contribution < 1.29 is 14.3 Å². The van der Waals surface area contributed by atoms with Gasteiger partial charge in [-0.05, 0) is 32.7 Å². The minimum absolute atomic E-state index is 0.104. The van der Waals surface area contributed by atoms with Crippen LogP contribution in [-0.2, 0) is 14.3 Å². The number of hydrogen-bond donors (Lipinski definition) is 2. The lowest BCUT2D eigenvalue weighted by Gasteiger charge is -2.22. The molecule has 100 valence electrons. The van der Waals surface area contributed by atoms with Crippen molar-refractivity contribution in [3.05, 3.63) is 0 Å². The van der Waals surface area contributed by atoms with Crippen LogP contribution in [0.1, 0.15) is 26.2 Å². The van der Waals surface area contributed by atoms with Crippen molar-refractivity contribution in [1.29, 1.82) is 0 Å². The first-order chi connectivity index (χ1) is 8.19. The van der Waals surface area contributed by atoms with E-state index in [1.807, 2.05) is 6.92 Å². The molecule has 0 aliphatic carbocycles.